The van der Waals surface area contributed by atoms with Gasteiger partial charge in [0, 0.05) is 18.6 Å². The summed E-state index contributed by atoms with van der Waals surface area (Å²) < 4.78 is 23.1. The highest BCUT2D eigenvalue weighted by Crippen LogP contribution is 2.23. The number of rotatable bonds is 4. The van der Waals surface area contributed by atoms with Crippen LogP contribution in [0.15, 0.2) is 0 Å². The Balaban J connectivity index is 2.41. The Labute approximate surface area is 112 Å². The summed E-state index contributed by atoms with van der Waals surface area (Å²) in [5, 5.41) is 3.30. The molecule has 0 amide bonds. The summed E-state index contributed by atoms with van der Waals surface area (Å²) in [6, 6.07) is 0.607. The molecule has 0 aromatic rings. The molecule has 1 aliphatic heterocycles. The minimum absolute atomic E-state index is 0.123. The summed E-state index contributed by atoms with van der Waals surface area (Å²) in [5.41, 5.74) is 0.251. The van der Waals surface area contributed by atoms with Gasteiger partial charge in [-0.3, -0.25) is 0 Å². The summed E-state index contributed by atoms with van der Waals surface area (Å²) in [6.45, 7) is 10.5. The maximum atomic E-state index is 11.5. The van der Waals surface area contributed by atoms with Crippen LogP contribution in [-0.2, 0) is 9.84 Å². The van der Waals surface area contributed by atoms with Gasteiger partial charge in [0.2, 0.25) is 0 Å². The predicted molar refractivity (Wildman–Crippen MR) is 76.6 cm³/mol. The van der Waals surface area contributed by atoms with E-state index in [1.807, 2.05) is 0 Å². The monoisotopic (exact) mass is 276 g/mol. The Hall–Kier alpha value is -0.130. The van der Waals surface area contributed by atoms with E-state index >= 15 is 0 Å². The van der Waals surface area contributed by atoms with Crippen LogP contribution in [-0.4, -0.2) is 57.0 Å². The highest BCUT2D eigenvalue weighted by Gasteiger charge is 2.27. The van der Waals surface area contributed by atoms with Crippen molar-refractivity contribution < 1.29 is 8.42 Å². The topological polar surface area (TPSA) is 49.4 Å². The molecule has 0 aromatic heterocycles. The molecule has 0 aromatic carbocycles. The van der Waals surface area contributed by atoms with Crippen LogP contribution in [0.3, 0.4) is 0 Å². The highest BCUT2D eigenvalue weighted by atomic mass is 32.2. The zero-order valence-electron chi connectivity index (χ0n) is 12.4. The lowest BCUT2D eigenvalue weighted by atomic mass is 9.87. The molecule has 2 unspecified atom stereocenters. The van der Waals surface area contributed by atoms with Crippen LogP contribution in [0, 0.1) is 5.41 Å². The molecule has 18 heavy (non-hydrogen) atoms. The lowest BCUT2D eigenvalue weighted by Gasteiger charge is -2.36. The van der Waals surface area contributed by atoms with Crippen LogP contribution >= 0.6 is 0 Å². The third-order valence-corrected chi connectivity index (χ3v) is 5.78. The van der Waals surface area contributed by atoms with E-state index in [2.05, 4.69) is 45.0 Å². The van der Waals surface area contributed by atoms with Gasteiger partial charge in [0.1, 0.15) is 0 Å². The first-order valence-electron chi connectivity index (χ1n) is 6.76. The van der Waals surface area contributed by atoms with Crippen molar-refractivity contribution >= 4 is 9.84 Å². The van der Waals surface area contributed by atoms with Crippen molar-refractivity contribution in [2.75, 3.05) is 31.6 Å². The second-order valence-corrected chi connectivity index (χ2v) is 8.81. The standard InChI is InChI=1S/C13H28N2O2S/c1-11(13(2,3)4)15(5)8-6-12-10-18(16,17)9-7-14-12/h11-12,14H,6-10H2,1-5H3. The van der Waals surface area contributed by atoms with E-state index in [4.69, 9.17) is 0 Å². The first kappa shape index (κ1) is 15.9. The molecule has 1 rings (SSSR count). The number of nitrogens with one attached hydrogen (secondary N) is 1. The molecular weight excluding hydrogens is 248 g/mol. The third-order valence-electron chi connectivity index (χ3n) is 4.05. The van der Waals surface area contributed by atoms with Gasteiger partial charge in [-0.2, -0.15) is 0 Å². The summed E-state index contributed by atoms with van der Waals surface area (Å²) in [4.78, 5) is 2.32. The van der Waals surface area contributed by atoms with Crippen molar-refractivity contribution in [2.24, 2.45) is 5.41 Å². The Bertz CT molecular complexity index is 360. The van der Waals surface area contributed by atoms with Crippen molar-refractivity contribution in [1.82, 2.24) is 10.2 Å². The normalized spacial score (nSPS) is 26.2. The van der Waals surface area contributed by atoms with Crippen LogP contribution in [0.1, 0.15) is 34.1 Å². The van der Waals surface area contributed by atoms with Gasteiger partial charge in [-0.05, 0) is 32.4 Å². The average molecular weight is 276 g/mol. The van der Waals surface area contributed by atoms with Crippen LogP contribution in [0.5, 0.6) is 0 Å². The fourth-order valence-electron chi connectivity index (χ4n) is 2.27. The van der Waals surface area contributed by atoms with Crippen LogP contribution < -0.4 is 5.32 Å². The quantitative estimate of drug-likeness (QED) is 0.836. The summed E-state index contributed by atoms with van der Waals surface area (Å²) in [5.74, 6) is 0.586. The number of nitrogens with zero attached hydrogens (tertiary/aromatic N) is 1. The number of sulfone groups is 1. The molecule has 1 aliphatic rings. The van der Waals surface area contributed by atoms with E-state index in [1.165, 1.54) is 0 Å². The molecule has 1 fully saturated rings. The molecular formula is C13H28N2O2S. The van der Waals surface area contributed by atoms with Crippen LogP contribution in [0.2, 0.25) is 0 Å². The van der Waals surface area contributed by atoms with Gasteiger partial charge in [-0.1, -0.05) is 20.8 Å². The first-order chi connectivity index (χ1) is 8.12. The fourth-order valence-corrected chi connectivity index (χ4v) is 3.76. The molecule has 1 heterocycles. The van der Waals surface area contributed by atoms with E-state index in [1.54, 1.807) is 0 Å². The summed E-state index contributed by atoms with van der Waals surface area (Å²) in [6.07, 6.45) is 0.899. The van der Waals surface area contributed by atoms with Crippen LogP contribution in [0.4, 0.5) is 0 Å². The summed E-state index contributed by atoms with van der Waals surface area (Å²) >= 11 is 0. The zero-order valence-corrected chi connectivity index (χ0v) is 13.2. The Morgan fingerprint density at radius 3 is 2.50 bits per heavy atom. The Kier molecular flexibility index (Phi) is 5.21. The van der Waals surface area contributed by atoms with Gasteiger partial charge in [-0.15, -0.1) is 0 Å². The lowest BCUT2D eigenvalue weighted by Crippen LogP contribution is -2.47. The SMILES string of the molecule is CC(N(C)CCC1CS(=O)(=O)CCN1)C(C)(C)C. The van der Waals surface area contributed by atoms with E-state index in [-0.39, 0.29) is 17.2 Å². The molecule has 0 saturated carbocycles. The average Bonchev–Trinajstić information content (AvgIpc) is 2.22. The molecule has 5 heteroatoms. The maximum Gasteiger partial charge on any atom is 0.153 e. The number of hydrogen-bond acceptors (Lipinski definition) is 4. The molecule has 2 atom stereocenters. The molecule has 1 N–H and O–H groups in total. The van der Waals surface area contributed by atoms with Gasteiger partial charge in [0.05, 0.1) is 11.5 Å². The molecule has 0 radical (unpaired) electrons. The first-order valence-corrected chi connectivity index (χ1v) is 8.58. The maximum absolute atomic E-state index is 11.5. The Morgan fingerprint density at radius 1 is 1.39 bits per heavy atom. The van der Waals surface area contributed by atoms with Gasteiger partial charge in [-0.25, -0.2) is 8.42 Å². The van der Waals surface area contributed by atoms with Crippen molar-refractivity contribution in [3.05, 3.63) is 0 Å². The molecule has 0 bridgehead atoms. The van der Waals surface area contributed by atoms with Crippen molar-refractivity contribution in [3.8, 4) is 0 Å². The largest absolute Gasteiger partial charge is 0.312 e. The van der Waals surface area contributed by atoms with Crippen molar-refractivity contribution in [3.63, 3.8) is 0 Å². The van der Waals surface area contributed by atoms with Gasteiger partial charge in [0.25, 0.3) is 0 Å². The highest BCUT2D eigenvalue weighted by molar-refractivity contribution is 7.91. The molecule has 108 valence electrons. The van der Waals surface area contributed by atoms with Gasteiger partial charge >= 0.3 is 0 Å². The molecule has 0 aliphatic carbocycles. The van der Waals surface area contributed by atoms with E-state index in [0.717, 1.165) is 13.0 Å². The zero-order chi connectivity index (χ0) is 14.0. The Morgan fingerprint density at radius 2 is 2.00 bits per heavy atom. The van der Waals surface area contributed by atoms with Crippen LogP contribution in [0.25, 0.3) is 0 Å². The smallest absolute Gasteiger partial charge is 0.153 e. The molecule has 0 spiro atoms. The van der Waals surface area contributed by atoms with Crippen molar-refractivity contribution in [1.29, 1.82) is 0 Å². The minimum Gasteiger partial charge on any atom is -0.312 e. The number of hydrogen-bond donors (Lipinski definition) is 1. The van der Waals surface area contributed by atoms with Gasteiger partial charge in [0.15, 0.2) is 9.84 Å². The minimum atomic E-state index is -2.81. The third kappa shape index (κ3) is 4.86. The molecule has 4 nitrogen and oxygen atoms in total. The van der Waals surface area contributed by atoms with E-state index in [9.17, 15) is 8.42 Å². The van der Waals surface area contributed by atoms with Crippen molar-refractivity contribution in [2.45, 2.75) is 46.2 Å². The van der Waals surface area contributed by atoms with Gasteiger partial charge < -0.3 is 10.2 Å². The summed E-state index contributed by atoms with van der Waals surface area (Å²) in [7, 11) is -0.691. The fraction of sp³-hybridized carbons (Fsp3) is 1.00. The predicted octanol–water partition coefficient (Wildman–Crippen LogP) is 1.13. The second-order valence-electron chi connectivity index (χ2n) is 6.58. The lowest BCUT2D eigenvalue weighted by molar-refractivity contribution is 0.136. The van der Waals surface area contributed by atoms with E-state index in [0.29, 0.717) is 18.3 Å². The second kappa shape index (κ2) is 5.88. The molecule has 1 saturated heterocycles. The van der Waals surface area contributed by atoms with E-state index < -0.39 is 9.84 Å².